The van der Waals surface area contributed by atoms with Crippen molar-refractivity contribution in [1.82, 2.24) is 4.90 Å². The molecule has 3 nitrogen and oxygen atoms in total. The largest absolute Gasteiger partial charge is 0.469 e. The summed E-state index contributed by atoms with van der Waals surface area (Å²) < 4.78 is 5.15. The lowest BCUT2D eigenvalue weighted by atomic mass is 10.2. The zero-order valence-electron chi connectivity index (χ0n) is 8.49. The summed E-state index contributed by atoms with van der Waals surface area (Å²) >= 11 is 4.02. The summed E-state index contributed by atoms with van der Waals surface area (Å²) in [6, 6.07) is 1.89. The third kappa shape index (κ3) is 2.80. The fourth-order valence-corrected chi connectivity index (χ4v) is 1.40. The Morgan fingerprint density at radius 3 is 2.86 bits per heavy atom. The highest BCUT2D eigenvalue weighted by Gasteiger charge is 2.10. The predicted octanol–water partition coefficient (Wildman–Crippen LogP) is 1.87. The third-order valence-corrected chi connectivity index (χ3v) is 2.35. The van der Waals surface area contributed by atoms with Gasteiger partial charge in [-0.1, -0.05) is 0 Å². The molecule has 0 aliphatic carbocycles. The molecule has 78 valence electrons. The molecule has 0 bridgehead atoms. The minimum absolute atomic E-state index is 0.112. The fraction of sp³-hybridized carbons (Fsp3) is 0.500. The molecule has 0 unspecified atom stereocenters. The molecule has 4 heteroatoms. The van der Waals surface area contributed by atoms with Crippen molar-refractivity contribution in [2.24, 2.45) is 0 Å². The summed E-state index contributed by atoms with van der Waals surface area (Å²) in [5.74, 6) is 1.57. The van der Waals surface area contributed by atoms with Crippen LogP contribution in [0.15, 0.2) is 16.7 Å². The number of aryl methyl sites for hydroxylation is 1. The molecular weight excluding hydrogens is 198 g/mol. The molecule has 1 amide bonds. The monoisotopic (exact) mass is 213 g/mol. The van der Waals surface area contributed by atoms with Crippen LogP contribution < -0.4 is 0 Å². The number of hydrogen-bond donors (Lipinski definition) is 1. The van der Waals surface area contributed by atoms with E-state index in [1.807, 2.05) is 13.0 Å². The van der Waals surface area contributed by atoms with Crippen LogP contribution in [0.1, 0.15) is 17.7 Å². The van der Waals surface area contributed by atoms with E-state index in [1.54, 1.807) is 18.2 Å². The molecule has 0 aliphatic rings. The first-order valence-corrected chi connectivity index (χ1v) is 5.16. The minimum Gasteiger partial charge on any atom is -0.469 e. The van der Waals surface area contributed by atoms with E-state index < -0.39 is 0 Å². The Morgan fingerprint density at radius 1 is 1.64 bits per heavy atom. The zero-order valence-corrected chi connectivity index (χ0v) is 9.38. The lowest BCUT2D eigenvalue weighted by Gasteiger charge is -2.15. The Hall–Kier alpha value is -0.900. The first kappa shape index (κ1) is 11.2. The van der Waals surface area contributed by atoms with E-state index in [0.717, 1.165) is 11.3 Å². The van der Waals surface area contributed by atoms with Crippen LogP contribution >= 0.6 is 12.6 Å². The average Bonchev–Trinajstić information content (AvgIpc) is 2.52. The van der Waals surface area contributed by atoms with Gasteiger partial charge >= 0.3 is 0 Å². The molecule has 0 aromatic carbocycles. The van der Waals surface area contributed by atoms with Gasteiger partial charge in [0.25, 0.3) is 0 Å². The Labute approximate surface area is 89.5 Å². The number of carbonyl (C=O) groups excluding carboxylic acids is 1. The fourth-order valence-electron chi connectivity index (χ4n) is 1.21. The van der Waals surface area contributed by atoms with Crippen molar-refractivity contribution in [2.45, 2.75) is 19.9 Å². The molecule has 0 fully saturated rings. The molecule has 0 radical (unpaired) electrons. The zero-order chi connectivity index (χ0) is 10.6. The van der Waals surface area contributed by atoms with Crippen LogP contribution in [0, 0.1) is 6.92 Å². The van der Waals surface area contributed by atoms with Gasteiger partial charge in [-0.15, -0.1) is 0 Å². The van der Waals surface area contributed by atoms with Gasteiger partial charge in [-0.2, -0.15) is 12.6 Å². The Kier molecular flexibility index (Phi) is 4.07. The van der Waals surface area contributed by atoms with E-state index in [-0.39, 0.29) is 5.91 Å². The topological polar surface area (TPSA) is 33.5 Å². The number of carbonyl (C=O) groups is 1. The van der Waals surface area contributed by atoms with E-state index in [1.165, 1.54) is 0 Å². The maximum absolute atomic E-state index is 11.4. The van der Waals surface area contributed by atoms with Crippen molar-refractivity contribution in [3.63, 3.8) is 0 Å². The highest BCUT2D eigenvalue weighted by molar-refractivity contribution is 7.80. The van der Waals surface area contributed by atoms with Gasteiger partial charge < -0.3 is 9.32 Å². The highest BCUT2D eigenvalue weighted by Crippen LogP contribution is 2.11. The van der Waals surface area contributed by atoms with Crippen molar-refractivity contribution in [2.75, 3.05) is 12.8 Å². The molecule has 0 saturated carbocycles. The second-order valence-electron chi connectivity index (χ2n) is 3.23. The number of thiol groups is 1. The van der Waals surface area contributed by atoms with Crippen molar-refractivity contribution in [3.05, 3.63) is 23.7 Å². The molecule has 0 spiro atoms. The van der Waals surface area contributed by atoms with E-state index in [0.29, 0.717) is 18.7 Å². The number of furan rings is 1. The summed E-state index contributed by atoms with van der Waals surface area (Å²) in [6.45, 7) is 2.50. The van der Waals surface area contributed by atoms with E-state index in [4.69, 9.17) is 4.42 Å². The molecule has 0 aliphatic heterocycles. The van der Waals surface area contributed by atoms with Crippen LogP contribution in [-0.2, 0) is 11.3 Å². The standard InChI is InChI=1S/C10H15NO2S/c1-8-9(3-5-13-8)7-11(2)10(12)4-6-14/h3,5,14H,4,6-7H2,1-2H3. The van der Waals surface area contributed by atoms with Crippen molar-refractivity contribution in [3.8, 4) is 0 Å². The Bertz CT molecular complexity index is 309. The van der Waals surface area contributed by atoms with Crippen LogP contribution in [0.4, 0.5) is 0 Å². The van der Waals surface area contributed by atoms with Gasteiger partial charge in [-0.25, -0.2) is 0 Å². The second-order valence-corrected chi connectivity index (χ2v) is 3.67. The highest BCUT2D eigenvalue weighted by atomic mass is 32.1. The van der Waals surface area contributed by atoms with Gasteiger partial charge in [0.1, 0.15) is 5.76 Å². The van der Waals surface area contributed by atoms with Gasteiger partial charge in [-0.05, 0) is 18.7 Å². The normalized spacial score (nSPS) is 10.2. The van der Waals surface area contributed by atoms with Crippen molar-refractivity contribution < 1.29 is 9.21 Å². The second kappa shape index (κ2) is 5.10. The molecule has 14 heavy (non-hydrogen) atoms. The van der Waals surface area contributed by atoms with Crippen LogP contribution in [0.5, 0.6) is 0 Å². The number of hydrogen-bond acceptors (Lipinski definition) is 3. The minimum atomic E-state index is 0.112. The number of rotatable bonds is 4. The van der Waals surface area contributed by atoms with Gasteiger partial charge in [0.15, 0.2) is 0 Å². The van der Waals surface area contributed by atoms with Crippen molar-refractivity contribution >= 4 is 18.5 Å². The first-order chi connectivity index (χ1) is 6.65. The molecule has 1 aromatic heterocycles. The van der Waals surface area contributed by atoms with Crippen molar-refractivity contribution in [1.29, 1.82) is 0 Å². The third-order valence-electron chi connectivity index (χ3n) is 2.13. The molecule has 0 N–H and O–H groups in total. The van der Waals surface area contributed by atoms with Crippen LogP contribution in [0.2, 0.25) is 0 Å². The maximum Gasteiger partial charge on any atom is 0.223 e. The summed E-state index contributed by atoms with van der Waals surface area (Å²) in [5.41, 5.74) is 1.06. The first-order valence-electron chi connectivity index (χ1n) is 4.53. The maximum atomic E-state index is 11.4. The quantitative estimate of drug-likeness (QED) is 0.775. The predicted molar refractivity (Wildman–Crippen MR) is 58.4 cm³/mol. The molecular formula is C10H15NO2S. The lowest BCUT2D eigenvalue weighted by molar-refractivity contribution is -0.129. The van der Waals surface area contributed by atoms with E-state index >= 15 is 0 Å². The smallest absolute Gasteiger partial charge is 0.223 e. The number of nitrogens with zero attached hydrogens (tertiary/aromatic N) is 1. The SMILES string of the molecule is Cc1occc1CN(C)C(=O)CCS. The number of amides is 1. The molecule has 1 aromatic rings. The lowest BCUT2D eigenvalue weighted by Crippen LogP contribution is -2.26. The summed E-state index contributed by atoms with van der Waals surface area (Å²) in [4.78, 5) is 13.1. The molecule has 1 rings (SSSR count). The summed E-state index contributed by atoms with van der Waals surface area (Å²) in [5, 5.41) is 0. The van der Waals surface area contributed by atoms with E-state index in [9.17, 15) is 4.79 Å². The molecule has 1 heterocycles. The van der Waals surface area contributed by atoms with Gasteiger partial charge in [0.05, 0.1) is 6.26 Å². The van der Waals surface area contributed by atoms with Crippen LogP contribution in [-0.4, -0.2) is 23.6 Å². The Morgan fingerprint density at radius 2 is 2.36 bits per heavy atom. The van der Waals surface area contributed by atoms with Crippen LogP contribution in [0.25, 0.3) is 0 Å². The van der Waals surface area contributed by atoms with E-state index in [2.05, 4.69) is 12.6 Å². The average molecular weight is 213 g/mol. The summed E-state index contributed by atoms with van der Waals surface area (Å²) in [6.07, 6.45) is 2.12. The Balaban J connectivity index is 2.52. The van der Waals surface area contributed by atoms with Gasteiger partial charge in [-0.3, -0.25) is 4.79 Å². The van der Waals surface area contributed by atoms with Gasteiger partial charge in [0, 0.05) is 25.6 Å². The summed E-state index contributed by atoms with van der Waals surface area (Å²) in [7, 11) is 1.79. The van der Waals surface area contributed by atoms with Crippen LogP contribution in [0.3, 0.4) is 0 Å². The molecule has 0 atom stereocenters. The van der Waals surface area contributed by atoms with Gasteiger partial charge in [0.2, 0.25) is 5.91 Å². The molecule has 0 saturated heterocycles.